The van der Waals surface area contributed by atoms with E-state index in [0.717, 1.165) is 6.42 Å². The van der Waals surface area contributed by atoms with E-state index in [4.69, 9.17) is 0 Å². The normalized spacial score (nSPS) is 16.2. The van der Waals surface area contributed by atoms with Crippen molar-refractivity contribution >= 4 is 11.8 Å². The zero-order chi connectivity index (χ0) is 12.6. The van der Waals surface area contributed by atoms with Crippen molar-refractivity contribution in [2.45, 2.75) is 34.1 Å². The molecule has 0 N–H and O–H groups in total. The first-order valence-electron chi connectivity index (χ1n) is 5.82. The molecule has 0 aliphatic carbocycles. The highest BCUT2D eigenvalue weighted by Crippen LogP contribution is 2.31. The molecule has 0 rings (SSSR count). The van der Waals surface area contributed by atoms with Crippen LogP contribution in [0.4, 0.5) is 0 Å². The first-order chi connectivity index (χ1) is 7.62. The molecule has 0 aliphatic rings. The maximum atomic E-state index is 3.86. The van der Waals surface area contributed by atoms with E-state index in [0.29, 0.717) is 5.92 Å². The van der Waals surface area contributed by atoms with Gasteiger partial charge in [-0.05, 0) is 42.6 Å². The lowest BCUT2D eigenvalue weighted by molar-refractivity contribution is 0.857. The smallest absolute Gasteiger partial charge is 0.0120 e. The summed E-state index contributed by atoms with van der Waals surface area (Å²) in [5, 5.41) is 0. The third-order valence-corrected chi connectivity index (χ3v) is 3.63. The zero-order valence-electron chi connectivity index (χ0n) is 11.2. The third-order valence-electron chi connectivity index (χ3n) is 2.64. The van der Waals surface area contributed by atoms with Crippen LogP contribution in [0.2, 0.25) is 0 Å². The molecule has 0 nitrogen and oxygen atoms in total. The molecular weight excluding hydrogens is 212 g/mol. The number of allylic oxidation sites excluding steroid dienone is 7. The van der Waals surface area contributed by atoms with Crippen molar-refractivity contribution in [3.63, 3.8) is 0 Å². The fourth-order valence-corrected chi connectivity index (χ4v) is 2.52. The second-order valence-electron chi connectivity index (χ2n) is 3.78. The van der Waals surface area contributed by atoms with Crippen LogP contribution in [0.15, 0.2) is 46.9 Å². The summed E-state index contributed by atoms with van der Waals surface area (Å²) in [5.41, 5.74) is 2.63. The molecule has 1 atom stereocenters. The number of hydrogen-bond donors (Lipinski definition) is 0. The van der Waals surface area contributed by atoms with Gasteiger partial charge >= 0.3 is 0 Å². The first kappa shape index (κ1) is 15.3. The van der Waals surface area contributed by atoms with E-state index >= 15 is 0 Å². The highest BCUT2D eigenvalue weighted by atomic mass is 32.2. The van der Waals surface area contributed by atoms with E-state index in [2.05, 4.69) is 58.8 Å². The summed E-state index contributed by atoms with van der Waals surface area (Å²) in [4.78, 5) is 1.44. The molecule has 90 valence electrons. The maximum absolute atomic E-state index is 3.86. The minimum absolute atomic E-state index is 0.462. The molecule has 0 spiro atoms. The van der Waals surface area contributed by atoms with Crippen LogP contribution in [-0.4, -0.2) is 6.26 Å². The Labute approximate surface area is 105 Å². The average Bonchev–Trinajstić information content (AvgIpc) is 2.31. The number of rotatable bonds is 6. The predicted molar refractivity (Wildman–Crippen MR) is 78.8 cm³/mol. The predicted octanol–water partition coefficient (Wildman–Crippen LogP) is 5.36. The molecule has 16 heavy (non-hydrogen) atoms. The van der Waals surface area contributed by atoms with Crippen LogP contribution in [0.3, 0.4) is 0 Å². The van der Waals surface area contributed by atoms with Crippen molar-refractivity contribution in [1.82, 2.24) is 0 Å². The number of hydrogen-bond acceptors (Lipinski definition) is 1. The van der Waals surface area contributed by atoms with Gasteiger partial charge in [-0.1, -0.05) is 44.7 Å². The van der Waals surface area contributed by atoms with E-state index in [1.165, 1.54) is 16.1 Å². The van der Waals surface area contributed by atoms with Gasteiger partial charge < -0.3 is 0 Å². The van der Waals surface area contributed by atoms with Crippen molar-refractivity contribution in [1.29, 1.82) is 0 Å². The quantitative estimate of drug-likeness (QED) is 0.560. The third kappa shape index (κ3) is 4.44. The molecule has 0 fully saturated rings. The van der Waals surface area contributed by atoms with Gasteiger partial charge in [0.15, 0.2) is 0 Å². The van der Waals surface area contributed by atoms with Gasteiger partial charge in [0.1, 0.15) is 0 Å². The van der Waals surface area contributed by atoms with Gasteiger partial charge in [-0.15, -0.1) is 11.8 Å². The molecule has 0 heterocycles. The Morgan fingerprint density at radius 3 is 2.44 bits per heavy atom. The second-order valence-corrected chi connectivity index (χ2v) is 4.66. The fourth-order valence-electron chi connectivity index (χ4n) is 1.71. The van der Waals surface area contributed by atoms with E-state index in [1.807, 2.05) is 17.8 Å². The molecule has 1 heteroatoms. The van der Waals surface area contributed by atoms with Gasteiger partial charge in [0.25, 0.3) is 0 Å². The van der Waals surface area contributed by atoms with Crippen molar-refractivity contribution in [2.75, 3.05) is 6.26 Å². The molecule has 0 aliphatic heterocycles. The van der Waals surface area contributed by atoms with Gasteiger partial charge in [0.2, 0.25) is 0 Å². The van der Waals surface area contributed by atoms with Gasteiger partial charge in [0, 0.05) is 5.92 Å². The summed E-state index contributed by atoms with van der Waals surface area (Å²) in [6.45, 7) is 12.5. The first-order valence-corrected chi connectivity index (χ1v) is 7.04. The van der Waals surface area contributed by atoms with Gasteiger partial charge in [-0.25, -0.2) is 0 Å². The maximum Gasteiger partial charge on any atom is 0.0120 e. The molecule has 0 bridgehead atoms. The molecule has 0 saturated heterocycles. The standard InChI is InChI=1S/C15H24S/c1-7-10-14(12(4)9-3)13(5)15(16-6)11-8-2/h7,9-11,13H,3,8H2,1-2,4-6H3/b10-7-,14-12+,15-11-. The Balaban J connectivity index is 5.24. The van der Waals surface area contributed by atoms with Gasteiger partial charge in [-0.3, -0.25) is 0 Å². The molecule has 0 aromatic carbocycles. The van der Waals surface area contributed by atoms with Crippen molar-refractivity contribution in [3.05, 3.63) is 46.9 Å². The lowest BCUT2D eigenvalue weighted by atomic mass is 9.94. The van der Waals surface area contributed by atoms with E-state index in [-0.39, 0.29) is 0 Å². The van der Waals surface area contributed by atoms with E-state index < -0.39 is 0 Å². The van der Waals surface area contributed by atoms with Crippen LogP contribution in [0.1, 0.15) is 34.1 Å². The monoisotopic (exact) mass is 236 g/mol. The Hall–Kier alpha value is -0.690. The molecule has 0 saturated carbocycles. The lowest BCUT2D eigenvalue weighted by Crippen LogP contribution is -2.01. The van der Waals surface area contributed by atoms with Crippen LogP contribution in [-0.2, 0) is 0 Å². The molecule has 0 aromatic rings. The largest absolute Gasteiger partial charge is 0.134 e. The van der Waals surface area contributed by atoms with Crippen LogP contribution >= 0.6 is 11.8 Å². The summed E-state index contributed by atoms with van der Waals surface area (Å²) >= 11 is 1.84. The highest BCUT2D eigenvalue weighted by Gasteiger charge is 2.12. The SMILES string of the molecule is C=C/C(C)=C(\C=C/C)C(C)/C(=C/CC)SC. The summed E-state index contributed by atoms with van der Waals surface area (Å²) in [6, 6.07) is 0. The Morgan fingerprint density at radius 2 is 2.06 bits per heavy atom. The van der Waals surface area contributed by atoms with Crippen LogP contribution in [0.5, 0.6) is 0 Å². The Bertz CT molecular complexity index is 305. The Kier molecular flexibility index (Phi) is 8.10. The van der Waals surface area contributed by atoms with Crippen LogP contribution < -0.4 is 0 Å². The average molecular weight is 236 g/mol. The topological polar surface area (TPSA) is 0 Å². The summed E-state index contributed by atoms with van der Waals surface area (Å²) in [6.07, 6.45) is 11.8. The summed E-state index contributed by atoms with van der Waals surface area (Å²) < 4.78 is 0. The highest BCUT2D eigenvalue weighted by molar-refractivity contribution is 8.02. The zero-order valence-corrected chi connectivity index (χ0v) is 12.0. The fraction of sp³-hybridized carbons (Fsp3) is 0.467. The van der Waals surface area contributed by atoms with Crippen LogP contribution in [0.25, 0.3) is 0 Å². The number of thioether (sulfide) groups is 1. The second kappa shape index (κ2) is 8.46. The van der Waals surface area contributed by atoms with E-state index in [1.54, 1.807) is 0 Å². The van der Waals surface area contributed by atoms with Crippen molar-refractivity contribution in [3.8, 4) is 0 Å². The molecule has 0 aromatic heterocycles. The molecule has 0 radical (unpaired) electrons. The molecular formula is C15H24S. The Morgan fingerprint density at radius 1 is 1.44 bits per heavy atom. The minimum Gasteiger partial charge on any atom is -0.134 e. The van der Waals surface area contributed by atoms with Crippen molar-refractivity contribution in [2.24, 2.45) is 5.92 Å². The summed E-state index contributed by atoms with van der Waals surface area (Å²) in [5.74, 6) is 0.462. The van der Waals surface area contributed by atoms with Gasteiger partial charge in [-0.2, -0.15) is 0 Å². The van der Waals surface area contributed by atoms with Gasteiger partial charge in [0.05, 0.1) is 0 Å². The molecule has 1 unspecified atom stereocenters. The summed E-state index contributed by atoms with van der Waals surface area (Å²) in [7, 11) is 0. The lowest BCUT2D eigenvalue weighted by Gasteiger charge is -2.17. The van der Waals surface area contributed by atoms with Crippen molar-refractivity contribution < 1.29 is 0 Å². The molecule has 0 amide bonds. The van der Waals surface area contributed by atoms with Crippen LogP contribution in [0, 0.1) is 5.92 Å². The minimum atomic E-state index is 0.462. The van der Waals surface area contributed by atoms with E-state index in [9.17, 15) is 0 Å².